The molecule has 3 N–H and O–H groups in total. The summed E-state index contributed by atoms with van der Waals surface area (Å²) < 4.78 is 0. The average Bonchev–Trinajstić information content (AvgIpc) is 2.67. The van der Waals surface area contributed by atoms with Gasteiger partial charge in [-0.2, -0.15) is 5.26 Å². The smallest absolute Gasteiger partial charge is 0.319 e. The molecule has 100 valence electrons. The Labute approximate surface area is 113 Å². The van der Waals surface area contributed by atoms with Gasteiger partial charge in [-0.25, -0.2) is 4.79 Å². The van der Waals surface area contributed by atoms with Gasteiger partial charge in [0.25, 0.3) is 0 Å². The Bertz CT molecular complexity index is 473. The Hall–Kier alpha value is -2.06. The second-order valence-electron chi connectivity index (χ2n) is 4.67. The van der Waals surface area contributed by atoms with Crippen molar-refractivity contribution in [2.24, 2.45) is 0 Å². The van der Waals surface area contributed by atoms with Crippen LogP contribution in [0.25, 0.3) is 0 Å². The minimum absolute atomic E-state index is 0.206. The van der Waals surface area contributed by atoms with Crippen LogP contribution >= 0.6 is 0 Å². The Morgan fingerprint density at radius 2 is 2.26 bits per heavy atom. The number of amides is 2. The zero-order chi connectivity index (χ0) is 13.5. The first-order valence-corrected chi connectivity index (χ1v) is 6.56. The number of nitriles is 1. The third-order valence-electron chi connectivity index (χ3n) is 3.16. The molecule has 0 bridgehead atoms. The normalized spacial score (nSPS) is 19.0. The van der Waals surface area contributed by atoms with Crippen molar-refractivity contribution < 1.29 is 4.79 Å². The molecule has 0 aliphatic carbocycles. The first kappa shape index (κ1) is 13.4. The molecule has 0 spiro atoms. The van der Waals surface area contributed by atoms with Gasteiger partial charge in [0.15, 0.2) is 0 Å². The van der Waals surface area contributed by atoms with Gasteiger partial charge >= 0.3 is 6.03 Å². The van der Waals surface area contributed by atoms with Gasteiger partial charge < -0.3 is 16.0 Å². The van der Waals surface area contributed by atoms with E-state index in [4.69, 9.17) is 5.26 Å². The first-order valence-electron chi connectivity index (χ1n) is 6.56. The van der Waals surface area contributed by atoms with E-state index in [0.29, 0.717) is 11.3 Å². The molecule has 19 heavy (non-hydrogen) atoms. The van der Waals surface area contributed by atoms with Gasteiger partial charge in [-0.3, -0.25) is 0 Å². The molecule has 0 radical (unpaired) electrons. The molecular formula is C14H18N4O. The van der Waals surface area contributed by atoms with Crippen LogP contribution in [0.15, 0.2) is 24.3 Å². The highest BCUT2D eigenvalue weighted by Gasteiger charge is 2.14. The maximum absolute atomic E-state index is 11.9. The molecular weight excluding hydrogens is 240 g/mol. The zero-order valence-electron chi connectivity index (χ0n) is 10.8. The molecule has 1 aromatic rings. The standard InChI is InChI=1S/C14H18N4O/c15-10-11-3-1-4-13(9-11)18-14(19)17-12-5-2-7-16-8-6-12/h1,3-4,9,12,16H,2,5-8H2,(H2,17,18,19). The monoisotopic (exact) mass is 258 g/mol. The molecule has 1 aliphatic heterocycles. The van der Waals surface area contributed by atoms with E-state index in [2.05, 4.69) is 22.0 Å². The number of rotatable bonds is 2. The number of anilines is 1. The van der Waals surface area contributed by atoms with Gasteiger partial charge in [0.05, 0.1) is 11.6 Å². The van der Waals surface area contributed by atoms with Crippen LogP contribution < -0.4 is 16.0 Å². The molecule has 1 heterocycles. The van der Waals surface area contributed by atoms with Crippen LogP contribution in [-0.2, 0) is 0 Å². The summed E-state index contributed by atoms with van der Waals surface area (Å²) in [6.07, 6.45) is 3.03. The van der Waals surface area contributed by atoms with E-state index in [0.717, 1.165) is 32.4 Å². The highest BCUT2D eigenvalue weighted by molar-refractivity contribution is 5.89. The van der Waals surface area contributed by atoms with Crippen molar-refractivity contribution in [2.75, 3.05) is 18.4 Å². The zero-order valence-corrected chi connectivity index (χ0v) is 10.8. The van der Waals surface area contributed by atoms with Gasteiger partial charge in [0.1, 0.15) is 0 Å². The lowest BCUT2D eigenvalue weighted by Gasteiger charge is -2.16. The minimum atomic E-state index is -0.206. The highest BCUT2D eigenvalue weighted by atomic mass is 16.2. The Kier molecular flexibility index (Phi) is 4.76. The van der Waals surface area contributed by atoms with Crippen LogP contribution in [-0.4, -0.2) is 25.2 Å². The summed E-state index contributed by atoms with van der Waals surface area (Å²) in [5.41, 5.74) is 1.18. The van der Waals surface area contributed by atoms with Crippen molar-refractivity contribution in [3.05, 3.63) is 29.8 Å². The lowest BCUT2D eigenvalue weighted by Crippen LogP contribution is -2.38. The van der Waals surface area contributed by atoms with Gasteiger partial charge in [0, 0.05) is 11.7 Å². The summed E-state index contributed by atoms with van der Waals surface area (Å²) in [4.78, 5) is 11.9. The fourth-order valence-electron chi connectivity index (χ4n) is 2.18. The summed E-state index contributed by atoms with van der Waals surface area (Å²) in [5.74, 6) is 0. The Balaban J connectivity index is 1.88. The summed E-state index contributed by atoms with van der Waals surface area (Å²) in [5, 5.41) is 17.8. The molecule has 5 heteroatoms. The SMILES string of the molecule is N#Cc1cccc(NC(=O)NC2CCCNCC2)c1. The Morgan fingerprint density at radius 1 is 1.37 bits per heavy atom. The van der Waals surface area contributed by atoms with Gasteiger partial charge in [-0.1, -0.05) is 6.07 Å². The van der Waals surface area contributed by atoms with Crippen molar-refractivity contribution in [1.82, 2.24) is 10.6 Å². The molecule has 1 unspecified atom stereocenters. The van der Waals surface area contributed by atoms with E-state index in [1.165, 1.54) is 0 Å². The molecule has 1 atom stereocenters. The largest absolute Gasteiger partial charge is 0.335 e. The fraction of sp³-hybridized carbons (Fsp3) is 0.429. The van der Waals surface area contributed by atoms with Crippen LogP contribution in [0.5, 0.6) is 0 Å². The quantitative estimate of drug-likeness (QED) is 0.757. The molecule has 1 aliphatic rings. The minimum Gasteiger partial charge on any atom is -0.335 e. The number of hydrogen-bond acceptors (Lipinski definition) is 3. The van der Waals surface area contributed by atoms with Crippen LogP contribution in [0, 0.1) is 11.3 Å². The lowest BCUT2D eigenvalue weighted by molar-refractivity contribution is 0.247. The van der Waals surface area contributed by atoms with E-state index in [1.54, 1.807) is 24.3 Å². The number of carbonyl (C=O) groups excluding carboxylic acids is 1. The average molecular weight is 258 g/mol. The van der Waals surface area contributed by atoms with Crippen LogP contribution in [0.3, 0.4) is 0 Å². The molecule has 2 amide bonds. The van der Waals surface area contributed by atoms with E-state index < -0.39 is 0 Å². The van der Waals surface area contributed by atoms with E-state index in [1.807, 2.05) is 0 Å². The number of nitrogens with zero attached hydrogens (tertiary/aromatic N) is 1. The molecule has 1 saturated heterocycles. The van der Waals surface area contributed by atoms with E-state index in [-0.39, 0.29) is 12.1 Å². The van der Waals surface area contributed by atoms with E-state index in [9.17, 15) is 4.79 Å². The number of hydrogen-bond donors (Lipinski definition) is 3. The van der Waals surface area contributed by atoms with E-state index >= 15 is 0 Å². The summed E-state index contributed by atoms with van der Waals surface area (Å²) in [7, 11) is 0. The van der Waals surface area contributed by atoms with Gasteiger partial charge in [-0.15, -0.1) is 0 Å². The third kappa shape index (κ3) is 4.27. The van der Waals surface area contributed by atoms with Crippen LogP contribution in [0.2, 0.25) is 0 Å². The maximum atomic E-state index is 11.9. The van der Waals surface area contributed by atoms with Gasteiger partial charge in [-0.05, 0) is 50.6 Å². The van der Waals surface area contributed by atoms with Crippen LogP contribution in [0.4, 0.5) is 10.5 Å². The molecule has 0 saturated carbocycles. The highest BCUT2D eigenvalue weighted by Crippen LogP contribution is 2.10. The van der Waals surface area contributed by atoms with Gasteiger partial charge in [0.2, 0.25) is 0 Å². The van der Waals surface area contributed by atoms with Crippen molar-refractivity contribution in [2.45, 2.75) is 25.3 Å². The number of carbonyl (C=O) groups is 1. The third-order valence-corrected chi connectivity index (χ3v) is 3.16. The molecule has 2 rings (SSSR count). The predicted octanol–water partition coefficient (Wildman–Crippen LogP) is 1.82. The molecule has 5 nitrogen and oxygen atoms in total. The second kappa shape index (κ2) is 6.76. The van der Waals surface area contributed by atoms with Crippen molar-refractivity contribution in [3.8, 4) is 6.07 Å². The maximum Gasteiger partial charge on any atom is 0.319 e. The molecule has 1 aromatic carbocycles. The van der Waals surface area contributed by atoms with Crippen LogP contribution in [0.1, 0.15) is 24.8 Å². The second-order valence-corrected chi connectivity index (χ2v) is 4.67. The predicted molar refractivity (Wildman–Crippen MR) is 73.8 cm³/mol. The first-order chi connectivity index (χ1) is 9.28. The number of nitrogens with one attached hydrogen (secondary N) is 3. The molecule has 1 fully saturated rings. The number of benzene rings is 1. The summed E-state index contributed by atoms with van der Waals surface area (Å²) >= 11 is 0. The van der Waals surface area contributed by atoms with Crippen molar-refractivity contribution in [1.29, 1.82) is 5.26 Å². The summed E-state index contributed by atoms with van der Waals surface area (Å²) in [6.45, 7) is 1.96. The fourth-order valence-corrected chi connectivity index (χ4v) is 2.18. The molecule has 0 aromatic heterocycles. The van der Waals surface area contributed by atoms with Crippen molar-refractivity contribution in [3.63, 3.8) is 0 Å². The number of urea groups is 1. The Morgan fingerprint density at radius 3 is 3.11 bits per heavy atom. The topological polar surface area (TPSA) is 77.0 Å². The summed E-state index contributed by atoms with van der Waals surface area (Å²) in [6, 6.07) is 8.96. The lowest BCUT2D eigenvalue weighted by atomic mass is 10.1. The van der Waals surface area contributed by atoms with Crippen molar-refractivity contribution >= 4 is 11.7 Å².